The van der Waals surface area contributed by atoms with Crippen molar-refractivity contribution in [2.45, 2.75) is 39.7 Å². The Bertz CT molecular complexity index is 403. The molecule has 0 bridgehead atoms. The van der Waals surface area contributed by atoms with E-state index in [-0.39, 0.29) is 11.9 Å². The predicted octanol–water partition coefficient (Wildman–Crippen LogP) is 2.84. The summed E-state index contributed by atoms with van der Waals surface area (Å²) in [5.41, 5.74) is 3.56. The molecule has 2 nitrogen and oxygen atoms in total. The third-order valence-corrected chi connectivity index (χ3v) is 3.70. The number of ketones is 1. The van der Waals surface area contributed by atoms with Crippen LogP contribution in [0.15, 0.2) is 18.2 Å². The molecule has 0 saturated carbocycles. The van der Waals surface area contributed by atoms with Crippen molar-refractivity contribution in [3.63, 3.8) is 0 Å². The molecule has 1 fully saturated rings. The minimum Gasteiger partial charge on any atom is -0.370 e. The number of rotatable bonds is 3. The number of hydrogen-bond acceptors (Lipinski definition) is 2. The van der Waals surface area contributed by atoms with Gasteiger partial charge in [-0.1, -0.05) is 25.1 Å². The number of benzene rings is 1. The molecule has 92 valence electrons. The van der Waals surface area contributed by atoms with Gasteiger partial charge in [0, 0.05) is 13.0 Å². The van der Waals surface area contributed by atoms with Crippen molar-refractivity contribution >= 4 is 5.78 Å². The number of aryl methyl sites for hydroxylation is 2. The van der Waals surface area contributed by atoms with Gasteiger partial charge in [0.2, 0.25) is 0 Å². The largest absolute Gasteiger partial charge is 0.370 e. The quantitative estimate of drug-likeness (QED) is 0.801. The third-order valence-electron chi connectivity index (χ3n) is 3.70. The minimum atomic E-state index is -0.186. The van der Waals surface area contributed by atoms with Gasteiger partial charge in [-0.2, -0.15) is 0 Å². The Morgan fingerprint density at radius 3 is 2.53 bits per heavy atom. The molecule has 0 radical (unpaired) electrons. The molecule has 2 rings (SSSR count). The molecule has 0 aliphatic carbocycles. The molecule has 0 amide bonds. The van der Waals surface area contributed by atoms with Gasteiger partial charge >= 0.3 is 0 Å². The standard InChI is InChI=1S/C15H20O2/c1-10-5-4-6-11(2)13(10)9-14(16)15-12(3)7-8-17-15/h4-6,12,15H,7-9H2,1-3H3. The lowest BCUT2D eigenvalue weighted by atomic mass is 9.92. The van der Waals surface area contributed by atoms with E-state index < -0.39 is 0 Å². The van der Waals surface area contributed by atoms with Gasteiger partial charge in [-0.25, -0.2) is 0 Å². The summed E-state index contributed by atoms with van der Waals surface area (Å²) in [4.78, 5) is 12.2. The Hall–Kier alpha value is -1.15. The summed E-state index contributed by atoms with van der Waals surface area (Å²) in [7, 11) is 0. The molecule has 0 spiro atoms. The maximum absolute atomic E-state index is 12.2. The first-order valence-electron chi connectivity index (χ1n) is 6.29. The SMILES string of the molecule is Cc1cccc(C)c1CC(=O)C1OCCC1C. The molecule has 0 aromatic heterocycles. The van der Waals surface area contributed by atoms with E-state index >= 15 is 0 Å². The van der Waals surface area contributed by atoms with Crippen molar-refractivity contribution in [2.24, 2.45) is 5.92 Å². The fourth-order valence-electron chi connectivity index (χ4n) is 2.51. The van der Waals surface area contributed by atoms with Crippen LogP contribution in [0, 0.1) is 19.8 Å². The average Bonchev–Trinajstić information content (AvgIpc) is 2.70. The molecule has 1 aliphatic heterocycles. The van der Waals surface area contributed by atoms with Gasteiger partial charge in [0.05, 0.1) is 0 Å². The van der Waals surface area contributed by atoms with Crippen molar-refractivity contribution in [3.05, 3.63) is 34.9 Å². The summed E-state index contributed by atoms with van der Waals surface area (Å²) in [6, 6.07) is 6.16. The van der Waals surface area contributed by atoms with E-state index in [1.807, 2.05) is 6.07 Å². The van der Waals surface area contributed by atoms with Crippen molar-refractivity contribution < 1.29 is 9.53 Å². The van der Waals surface area contributed by atoms with Gasteiger partial charge < -0.3 is 4.74 Å². The first-order chi connectivity index (χ1) is 8.09. The summed E-state index contributed by atoms with van der Waals surface area (Å²) < 4.78 is 5.53. The molecule has 2 heteroatoms. The summed E-state index contributed by atoms with van der Waals surface area (Å²) in [6.07, 6.45) is 1.32. The zero-order valence-corrected chi connectivity index (χ0v) is 10.8. The summed E-state index contributed by atoms with van der Waals surface area (Å²) in [6.45, 7) is 6.95. The van der Waals surface area contributed by atoms with Gasteiger partial charge in [-0.05, 0) is 42.9 Å². The Morgan fingerprint density at radius 2 is 2.00 bits per heavy atom. The van der Waals surface area contributed by atoms with E-state index in [1.54, 1.807) is 0 Å². The number of ether oxygens (including phenoxy) is 1. The Kier molecular flexibility index (Phi) is 3.63. The number of carbonyl (C=O) groups excluding carboxylic acids is 1. The first kappa shape index (κ1) is 12.3. The maximum atomic E-state index is 12.2. The average molecular weight is 232 g/mol. The second kappa shape index (κ2) is 5.01. The number of Topliss-reactive ketones (excluding diaryl/α,β-unsaturated/α-hetero) is 1. The Morgan fingerprint density at radius 1 is 1.35 bits per heavy atom. The second-order valence-corrected chi connectivity index (χ2v) is 5.07. The van der Waals surface area contributed by atoms with Crippen LogP contribution in [-0.2, 0) is 16.0 Å². The monoisotopic (exact) mass is 232 g/mol. The van der Waals surface area contributed by atoms with Crippen LogP contribution in [0.5, 0.6) is 0 Å². The van der Waals surface area contributed by atoms with Crippen molar-refractivity contribution in [3.8, 4) is 0 Å². The van der Waals surface area contributed by atoms with E-state index in [9.17, 15) is 4.79 Å². The summed E-state index contributed by atoms with van der Waals surface area (Å²) in [5, 5.41) is 0. The Labute approximate surface area is 103 Å². The fraction of sp³-hybridized carbons (Fsp3) is 0.533. The van der Waals surface area contributed by atoms with Crippen LogP contribution >= 0.6 is 0 Å². The van der Waals surface area contributed by atoms with Gasteiger partial charge in [0.15, 0.2) is 5.78 Å². The smallest absolute Gasteiger partial charge is 0.166 e. The highest BCUT2D eigenvalue weighted by molar-refractivity contribution is 5.86. The lowest BCUT2D eigenvalue weighted by molar-refractivity contribution is -0.128. The predicted molar refractivity (Wildman–Crippen MR) is 68.1 cm³/mol. The lowest BCUT2D eigenvalue weighted by Gasteiger charge is -2.15. The summed E-state index contributed by atoms with van der Waals surface area (Å²) in [5.74, 6) is 0.597. The highest BCUT2D eigenvalue weighted by atomic mass is 16.5. The van der Waals surface area contributed by atoms with E-state index in [2.05, 4.69) is 32.9 Å². The molecule has 17 heavy (non-hydrogen) atoms. The van der Waals surface area contributed by atoms with E-state index in [1.165, 1.54) is 16.7 Å². The topological polar surface area (TPSA) is 26.3 Å². The van der Waals surface area contributed by atoms with Crippen molar-refractivity contribution in [2.75, 3.05) is 6.61 Å². The first-order valence-corrected chi connectivity index (χ1v) is 6.29. The van der Waals surface area contributed by atoms with Gasteiger partial charge in [0.1, 0.15) is 6.10 Å². The van der Waals surface area contributed by atoms with Crippen LogP contribution in [0.25, 0.3) is 0 Å². The van der Waals surface area contributed by atoms with Gasteiger partial charge in [-0.3, -0.25) is 4.79 Å². The van der Waals surface area contributed by atoms with Gasteiger partial charge in [0.25, 0.3) is 0 Å². The fourth-order valence-corrected chi connectivity index (χ4v) is 2.51. The molecule has 1 saturated heterocycles. The summed E-state index contributed by atoms with van der Waals surface area (Å²) >= 11 is 0. The second-order valence-electron chi connectivity index (χ2n) is 5.07. The van der Waals surface area contributed by atoms with Crippen LogP contribution in [0.2, 0.25) is 0 Å². The normalized spacial score (nSPS) is 23.9. The molecule has 1 heterocycles. The molecule has 1 aliphatic rings. The molecule has 2 atom stereocenters. The van der Waals surface area contributed by atoms with Crippen LogP contribution in [0.3, 0.4) is 0 Å². The Balaban J connectivity index is 2.13. The molecular weight excluding hydrogens is 212 g/mol. The molecule has 2 unspecified atom stereocenters. The zero-order chi connectivity index (χ0) is 12.4. The third kappa shape index (κ3) is 2.58. The molecular formula is C15H20O2. The van der Waals surface area contributed by atoms with Crippen molar-refractivity contribution in [1.82, 2.24) is 0 Å². The van der Waals surface area contributed by atoms with E-state index in [0.717, 1.165) is 13.0 Å². The van der Waals surface area contributed by atoms with Crippen LogP contribution in [0.4, 0.5) is 0 Å². The van der Waals surface area contributed by atoms with E-state index in [4.69, 9.17) is 4.74 Å². The zero-order valence-electron chi connectivity index (χ0n) is 10.8. The highest BCUT2D eigenvalue weighted by Crippen LogP contribution is 2.23. The van der Waals surface area contributed by atoms with E-state index in [0.29, 0.717) is 12.3 Å². The highest BCUT2D eigenvalue weighted by Gasteiger charge is 2.30. The minimum absolute atomic E-state index is 0.186. The molecule has 1 aromatic rings. The molecule has 1 aromatic carbocycles. The van der Waals surface area contributed by atoms with Crippen LogP contribution in [-0.4, -0.2) is 18.5 Å². The molecule has 0 N–H and O–H groups in total. The van der Waals surface area contributed by atoms with Crippen LogP contribution in [0.1, 0.15) is 30.0 Å². The number of hydrogen-bond donors (Lipinski definition) is 0. The van der Waals surface area contributed by atoms with Gasteiger partial charge in [-0.15, -0.1) is 0 Å². The van der Waals surface area contributed by atoms with Crippen molar-refractivity contribution in [1.29, 1.82) is 0 Å². The number of carbonyl (C=O) groups is 1. The lowest BCUT2D eigenvalue weighted by Crippen LogP contribution is -2.27. The maximum Gasteiger partial charge on any atom is 0.166 e. The van der Waals surface area contributed by atoms with Crippen LogP contribution < -0.4 is 0 Å².